The van der Waals surface area contributed by atoms with Gasteiger partial charge >= 0.3 is 5.97 Å². The number of aliphatic hydroxyl groups is 1. The molecule has 0 aliphatic carbocycles. The second-order valence-corrected chi connectivity index (χ2v) is 7.46. The van der Waals surface area contributed by atoms with Crippen molar-refractivity contribution in [3.8, 4) is 11.5 Å². The van der Waals surface area contributed by atoms with Gasteiger partial charge in [-0.3, -0.25) is 14.4 Å². The number of aliphatic hydroxyl groups excluding tert-OH is 1. The van der Waals surface area contributed by atoms with Crippen LogP contribution >= 0.6 is 0 Å². The Morgan fingerprint density at radius 1 is 1.03 bits per heavy atom. The molecule has 1 saturated heterocycles. The number of ketones is 1. The zero-order valence-electron chi connectivity index (χ0n) is 18.1. The highest BCUT2D eigenvalue weighted by Crippen LogP contribution is 2.44. The summed E-state index contributed by atoms with van der Waals surface area (Å²) in [5.74, 6) is -2.08. The molecule has 2 N–H and O–H groups in total. The first-order chi connectivity index (χ1) is 15.3. The summed E-state index contributed by atoms with van der Waals surface area (Å²) in [5, 5.41) is 20.1. The number of carbonyl (C=O) groups is 3. The third-order valence-electron chi connectivity index (χ3n) is 5.39. The highest BCUT2D eigenvalue weighted by atomic mass is 16.5. The van der Waals surface area contributed by atoms with Crippen LogP contribution in [0.5, 0.6) is 11.5 Å². The van der Waals surface area contributed by atoms with Gasteiger partial charge in [0, 0.05) is 24.1 Å². The van der Waals surface area contributed by atoms with Crippen molar-refractivity contribution in [2.45, 2.75) is 25.8 Å². The van der Waals surface area contributed by atoms with E-state index in [0.717, 1.165) is 5.56 Å². The van der Waals surface area contributed by atoms with Crippen molar-refractivity contribution in [2.24, 2.45) is 0 Å². The highest BCUT2D eigenvalue weighted by Gasteiger charge is 2.47. The molecule has 1 amide bonds. The number of carbonyl (C=O) groups excluding carboxylic acids is 2. The molecule has 1 aliphatic heterocycles. The van der Waals surface area contributed by atoms with Crippen LogP contribution in [-0.4, -0.2) is 53.5 Å². The van der Waals surface area contributed by atoms with Gasteiger partial charge in [0.1, 0.15) is 17.3 Å². The Morgan fingerprint density at radius 2 is 1.72 bits per heavy atom. The molecule has 168 valence electrons. The Hall–Kier alpha value is -3.81. The summed E-state index contributed by atoms with van der Waals surface area (Å²) in [6.07, 6.45) is -0.0152. The third kappa shape index (κ3) is 4.44. The number of nitrogens with zero attached hydrogens (tertiary/aromatic N) is 1. The van der Waals surface area contributed by atoms with Gasteiger partial charge in [-0.1, -0.05) is 29.8 Å². The van der Waals surface area contributed by atoms with Crippen molar-refractivity contribution < 1.29 is 34.1 Å². The minimum atomic E-state index is -1.00. The van der Waals surface area contributed by atoms with Crippen LogP contribution in [0.25, 0.3) is 5.76 Å². The monoisotopic (exact) mass is 439 g/mol. The Labute approximate surface area is 185 Å². The topological polar surface area (TPSA) is 113 Å². The van der Waals surface area contributed by atoms with Crippen molar-refractivity contribution >= 4 is 23.4 Å². The van der Waals surface area contributed by atoms with Crippen molar-refractivity contribution in [3.63, 3.8) is 0 Å². The number of aryl methyl sites for hydroxylation is 1. The lowest BCUT2D eigenvalue weighted by Crippen LogP contribution is -2.31. The summed E-state index contributed by atoms with van der Waals surface area (Å²) in [5.41, 5.74) is 1.74. The number of benzene rings is 2. The lowest BCUT2D eigenvalue weighted by atomic mass is 9.94. The van der Waals surface area contributed by atoms with Crippen molar-refractivity contribution in [3.05, 3.63) is 64.7 Å². The number of methoxy groups -OCH3 is 2. The number of carboxylic acid groups (broad SMARTS) is 1. The number of Topliss-reactive ketones (excluding diaryl/α,β-unsaturated/α-hetero) is 1. The van der Waals surface area contributed by atoms with Crippen molar-refractivity contribution in [1.82, 2.24) is 4.90 Å². The van der Waals surface area contributed by atoms with E-state index in [9.17, 15) is 19.5 Å². The molecule has 1 fully saturated rings. The molecule has 32 heavy (non-hydrogen) atoms. The number of ether oxygens (including phenoxy) is 2. The molecule has 1 unspecified atom stereocenters. The van der Waals surface area contributed by atoms with Crippen LogP contribution in [0.3, 0.4) is 0 Å². The number of rotatable bonds is 8. The van der Waals surface area contributed by atoms with Crippen LogP contribution in [-0.2, 0) is 14.4 Å². The first kappa shape index (κ1) is 22.9. The summed E-state index contributed by atoms with van der Waals surface area (Å²) in [7, 11) is 2.95. The lowest BCUT2D eigenvalue weighted by molar-refractivity contribution is -0.140. The Morgan fingerprint density at radius 3 is 2.31 bits per heavy atom. The van der Waals surface area contributed by atoms with Crippen LogP contribution < -0.4 is 9.47 Å². The SMILES string of the molecule is COc1ccc(OC)c(C2C(=C(O)c3ccc(C)cc3)C(=O)C(=O)N2CCCC(=O)O)c1. The molecule has 0 aromatic heterocycles. The lowest BCUT2D eigenvalue weighted by Gasteiger charge is -2.26. The van der Waals surface area contributed by atoms with Crippen molar-refractivity contribution in [1.29, 1.82) is 0 Å². The van der Waals surface area contributed by atoms with E-state index in [4.69, 9.17) is 14.6 Å². The van der Waals surface area contributed by atoms with Crippen LogP contribution in [0.2, 0.25) is 0 Å². The molecule has 2 aromatic rings. The van der Waals surface area contributed by atoms with Gasteiger partial charge in [0.25, 0.3) is 11.7 Å². The van der Waals surface area contributed by atoms with Gasteiger partial charge in [-0.25, -0.2) is 0 Å². The average molecular weight is 439 g/mol. The van der Waals surface area contributed by atoms with Gasteiger partial charge in [-0.2, -0.15) is 0 Å². The van der Waals surface area contributed by atoms with Crippen LogP contribution in [0.4, 0.5) is 0 Å². The maximum absolute atomic E-state index is 13.0. The van der Waals surface area contributed by atoms with E-state index in [1.54, 1.807) is 42.5 Å². The van der Waals surface area contributed by atoms with Gasteiger partial charge < -0.3 is 24.6 Å². The van der Waals surface area contributed by atoms with Crippen LogP contribution in [0, 0.1) is 6.92 Å². The molecule has 1 heterocycles. The fraction of sp³-hybridized carbons (Fsp3) is 0.292. The van der Waals surface area contributed by atoms with Gasteiger partial charge in [-0.15, -0.1) is 0 Å². The number of carboxylic acids is 1. The Bertz CT molecular complexity index is 1070. The summed E-state index contributed by atoms with van der Waals surface area (Å²) < 4.78 is 10.8. The van der Waals surface area contributed by atoms with E-state index < -0.39 is 23.7 Å². The Balaban J connectivity index is 2.19. The molecule has 0 bridgehead atoms. The summed E-state index contributed by atoms with van der Waals surface area (Å²) >= 11 is 0. The second kappa shape index (κ2) is 9.55. The molecule has 3 rings (SSSR count). The molecule has 2 aromatic carbocycles. The first-order valence-electron chi connectivity index (χ1n) is 10.1. The molecular formula is C24H25NO7. The summed E-state index contributed by atoms with van der Waals surface area (Å²) in [4.78, 5) is 38.2. The molecule has 8 nitrogen and oxygen atoms in total. The largest absolute Gasteiger partial charge is 0.507 e. The predicted molar refractivity (Wildman–Crippen MR) is 117 cm³/mol. The van der Waals surface area contributed by atoms with E-state index in [1.807, 2.05) is 6.92 Å². The molecule has 1 atom stereocenters. The molecular weight excluding hydrogens is 414 g/mol. The molecule has 1 aliphatic rings. The normalized spacial score (nSPS) is 17.5. The zero-order chi connectivity index (χ0) is 23.4. The highest BCUT2D eigenvalue weighted by molar-refractivity contribution is 6.46. The van der Waals surface area contributed by atoms with Gasteiger partial charge in [0.2, 0.25) is 0 Å². The molecule has 8 heteroatoms. The van der Waals surface area contributed by atoms with Crippen molar-refractivity contribution in [2.75, 3.05) is 20.8 Å². The minimum Gasteiger partial charge on any atom is -0.507 e. The number of amides is 1. The number of aliphatic carboxylic acids is 1. The molecule has 0 radical (unpaired) electrons. The number of likely N-dealkylation sites (tertiary alicyclic amines) is 1. The fourth-order valence-corrected chi connectivity index (χ4v) is 3.75. The average Bonchev–Trinajstić information content (AvgIpc) is 3.03. The molecule has 0 saturated carbocycles. The molecule has 0 spiro atoms. The standard InChI is InChI=1S/C24H25NO7/c1-14-6-8-15(9-7-14)22(28)20-21(17-13-16(31-2)10-11-18(17)32-3)25(24(30)23(20)29)12-4-5-19(26)27/h6-11,13,21,28H,4-5,12H2,1-3H3,(H,26,27). The van der Waals surface area contributed by atoms with Gasteiger partial charge in [0.15, 0.2) is 0 Å². The van der Waals surface area contributed by atoms with E-state index in [0.29, 0.717) is 22.6 Å². The summed E-state index contributed by atoms with van der Waals surface area (Å²) in [6.45, 7) is 1.92. The van der Waals surface area contributed by atoms with Crippen LogP contribution in [0.15, 0.2) is 48.0 Å². The number of hydrogen-bond acceptors (Lipinski definition) is 6. The van der Waals surface area contributed by atoms with E-state index >= 15 is 0 Å². The van der Waals surface area contributed by atoms with E-state index in [-0.39, 0.29) is 30.7 Å². The first-order valence-corrected chi connectivity index (χ1v) is 10.1. The predicted octanol–water partition coefficient (Wildman–Crippen LogP) is 3.30. The van der Waals surface area contributed by atoms with E-state index in [2.05, 4.69) is 0 Å². The fourth-order valence-electron chi connectivity index (χ4n) is 3.75. The smallest absolute Gasteiger partial charge is 0.303 e. The van der Waals surface area contributed by atoms with Crippen LogP contribution in [0.1, 0.15) is 35.6 Å². The van der Waals surface area contributed by atoms with E-state index in [1.165, 1.54) is 19.1 Å². The van der Waals surface area contributed by atoms with Gasteiger partial charge in [-0.05, 0) is 31.5 Å². The number of hydrogen-bond donors (Lipinski definition) is 2. The Kier molecular flexibility index (Phi) is 6.82. The zero-order valence-corrected chi connectivity index (χ0v) is 18.1. The maximum Gasteiger partial charge on any atom is 0.303 e. The quantitative estimate of drug-likeness (QED) is 0.369. The maximum atomic E-state index is 13.0. The second-order valence-electron chi connectivity index (χ2n) is 7.46. The minimum absolute atomic E-state index is 0.0204. The van der Waals surface area contributed by atoms with Gasteiger partial charge in [0.05, 0.1) is 25.8 Å². The third-order valence-corrected chi connectivity index (χ3v) is 5.39. The summed E-state index contributed by atoms with van der Waals surface area (Å²) in [6, 6.07) is 10.9.